The van der Waals surface area contributed by atoms with Crippen molar-refractivity contribution < 1.29 is 8.42 Å². The van der Waals surface area contributed by atoms with E-state index in [4.69, 9.17) is 11.6 Å². The molecule has 1 unspecified atom stereocenters. The zero-order valence-corrected chi connectivity index (χ0v) is 13.8. The lowest BCUT2D eigenvalue weighted by Crippen LogP contribution is -2.27. The van der Waals surface area contributed by atoms with Crippen molar-refractivity contribution in [3.8, 4) is 0 Å². The minimum absolute atomic E-state index is 0.00894. The monoisotopic (exact) mass is 343 g/mol. The predicted molar refractivity (Wildman–Crippen MR) is 84.0 cm³/mol. The summed E-state index contributed by atoms with van der Waals surface area (Å²) >= 11 is 7.19. The lowest BCUT2D eigenvalue weighted by atomic mass is 10.1. The topological polar surface area (TPSA) is 72.0 Å². The molecule has 2 aromatic rings. The van der Waals surface area contributed by atoms with Gasteiger partial charge in [0.05, 0.1) is 12.4 Å². The third-order valence-corrected chi connectivity index (χ3v) is 5.29. The second-order valence-electron chi connectivity index (χ2n) is 4.30. The highest BCUT2D eigenvalue weighted by Gasteiger charge is 2.19. The number of sulfonamides is 1. The van der Waals surface area contributed by atoms with Crippen molar-refractivity contribution in [2.75, 3.05) is 6.26 Å². The number of hydrogen-bond acceptors (Lipinski definition) is 5. The van der Waals surface area contributed by atoms with E-state index in [1.807, 2.05) is 30.5 Å². The van der Waals surface area contributed by atoms with Crippen molar-refractivity contribution in [1.82, 2.24) is 14.7 Å². The average Bonchev–Trinajstić information content (AvgIpc) is 2.47. The van der Waals surface area contributed by atoms with Crippen molar-refractivity contribution in [1.29, 1.82) is 0 Å². The molecule has 0 aliphatic carbocycles. The molecular weight excluding hydrogens is 330 g/mol. The molecule has 0 bridgehead atoms. The van der Waals surface area contributed by atoms with Gasteiger partial charge in [0.15, 0.2) is 0 Å². The van der Waals surface area contributed by atoms with Gasteiger partial charge in [0.1, 0.15) is 4.90 Å². The van der Waals surface area contributed by atoms with Crippen LogP contribution in [-0.2, 0) is 10.0 Å². The first-order valence-electron chi connectivity index (χ1n) is 6.06. The molecule has 0 fully saturated rings. The number of hydrogen-bond donors (Lipinski definition) is 1. The van der Waals surface area contributed by atoms with Gasteiger partial charge in [-0.05, 0) is 42.5 Å². The van der Waals surface area contributed by atoms with E-state index in [2.05, 4.69) is 14.7 Å². The third kappa shape index (κ3) is 4.16. The molecule has 2 rings (SSSR count). The van der Waals surface area contributed by atoms with Gasteiger partial charge in [-0.15, -0.1) is 11.8 Å². The molecule has 5 nitrogen and oxygen atoms in total. The van der Waals surface area contributed by atoms with Gasteiger partial charge in [-0.2, -0.15) is 0 Å². The van der Waals surface area contributed by atoms with Crippen LogP contribution >= 0.6 is 23.4 Å². The van der Waals surface area contributed by atoms with Crippen molar-refractivity contribution >= 4 is 33.4 Å². The Balaban J connectivity index is 2.17. The van der Waals surface area contributed by atoms with Gasteiger partial charge in [-0.25, -0.2) is 23.1 Å². The number of benzene rings is 1. The summed E-state index contributed by atoms with van der Waals surface area (Å²) in [7, 11) is -3.68. The van der Waals surface area contributed by atoms with Crippen molar-refractivity contribution in [3.05, 3.63) is 47.5 Å². The fourth-order valence-electron chi connectivity index (χ4n) is 1.70. The number of thioether (sulfide) groups is 1. The first kappa shape index (κ1) is 16.2. The number of nitrogens with one attached hydrogen (secondary N) is 1. The Morgan fingerprint density at radius 2 is 1.76 bits per heavy atom. The third-order valence-electron chi connectivity index (χ3n) is 2.85. The Morgan fingerprint density at radius 3 is 2.29 bits per heavy atom. The first-order chi connectivity index (χ1) is 9.92. The van der Waals surface area contributed by atoms with E-state index >= 15 is 0 Å². The fraction of sp³-hybridized carbons (Fsp3) is 0.231. The second kappa shape index (κ2) is 6.74. The molecule has 8 heteroatoms. The Labute approximate surface area is 133 Å². The molecule has 21 heavy (non-hydrogen) atoms. The minimum atomic E-state index is -3.68. The molecule has 0 amide bonds. The van der Waals surface area contributed by atoms with Gasteiger partial charge in [0, 0.05) is 10.9 Å². The molecule has 0 saturated carbocycles. The van der Waals surface area contributed by atoms with Gasteiger partial charge in [-0.1, -0.05) is 12.1 Å². The number of halogens is 1. The second-order valence-corrected chi connectivity index (χ2v) is 7.24. The van der Waals surface area contributed by atoms with Crippen molar-refractivity contribution in [2.24, 2.45) is 0 Å². The van der Waals surface area contributed by atoms with Gasteiger partial charge >= 0.3 is 0 Å². The zero-order valence-electron chi connectivity index (χ0n) is 11.4. The molecule has 1 heterocycles. The van der Waals surface area contributed by atoms with Crippen LogP contribution in [-0.4, -0.2) is 24.6 Å². The molecular formula is C13H14ClN3O2S2. The highest BCUT2D eigenvalue weighted by molar-refractivity contribution is 7.98. The van der Waals surface area contributed by atoms with E-state index in [-0.39, 0.29) is 16.2 Å². The fourth-order valence-corrected chi connectivity index (χ4v) is 3.33. The summed E-state index contributed by atoms with van der Waals surface area (Å²) in [4.78, 5) is 8.47. The molecule has 1 aromatic carbocycles. The van der Waals surface area contributed by atoms with E-state index in [9.17, 15) is 8.42 Å². The maximum atomic E-state index is 12.2. The molecule has 0 aliphatic heterocycles. The summed E-state index contributed by atoms with van der Waals surface area (Å²) in [5.74, 6) is 0. The maximum Gasteiger partial charge on any atom is 0.244 e. The molecule has 1 aromatic heterocycles. The van der Waals surface area contributed by atoms with Gasteiger partial charge < -0.3 is 0 Å². The SMILES string of the molecule is CSc1ccc(C(C)NS(=O)(=O)c2cnc(Cl)nc2)cc1. The summed E-state index contributed by atoms with van der Waals surface area (Å²) in [6.45, 7) is 1.78. The van der Waals surface area contributed by atoms with Gasteiger partial charge in [0.2, 0.25) is 15.3 Å². The van der Waals surface area contributed by atoms with Crippen LogP contribution in [0.1, 0.15) is 18.5 Å². The molecule has 0 spiro atoms. The highest BCUT2D eigenvalue weighted by atomic mass is 35.5. The number of nitrogens with zero attached hydrogens (tertiary/aromatic N) is 2. The van der Waals surface area contributed by atoms with E-state index in [1.54, 1.807) is 18.7 Å². The van der Waals surface area contributed by atoms with Crippen LogP contribution in [0.5, 0.6) is 0 Å². The van der Waals surface area contributed by atoms with Crippen LogP contribution in [0.15, 0.2) is 46.5 Å². The Kier molecular flexibility index (Phi) is 5.21. The summed E-state index contributed by atoms with van der Waals surface area (Å²) in [5.41, 5.74) is 0.881. The standard InChI is InChI=1S/C13H14ClN3O2S2/c1-9(10-3-5-11(20-2)6-4-10)17-21(18,19)12-7-15-13(14)16-8-12/h3-9,17H,1-2H3. The minimum Gasteiger partial charge on any atom is -0.225 e. The maximum absolute atomic E-state index is 12.2. The summed E-state index contributed by atoms with van der Waals surface area (Å²) < 4.78 is 27.0. The first-order valence-corrected chi connectivity index (χ1v) is 9.15. The average molecular weight is 344 g/mol. The Morgan fingerprint density at radius 1 is 1.19 bits per heavy atom. The van der Waals surface area contributed by atoms with Crippen molar-refractivity contribution in [3.63, 3.8) is 0 Å². The molecule has 1 N–H and O–H groups in total. The van der Waals surface area contributed by atoms with Crippen LogP contribution in [0.4, 0.5) is 0 Å². The summed E-state index contributed by atoms with van der Waals surface area (Å²) in [6.07, 6.45) is 4.35. The molecule has 112 valence electrons. The Hall–Kier alpha value is -1.15. The highest BCUT2D eigenvalue weighted by Crippen LogP contribution is 2.20. The Bertz CT molecular complexity index is 703. The number of rotatable bonds is 5. The number of aromatic nitrogens is 2. The van der Waals surface area contributed by atoms with Crippen LogP contribution < -0.4 is 4.72 Å². The van der Waals surface area contributed by atoms with Crippen molar-refractivity contribution in [2.45, 2.75) is 22.8 Å². The van der Waals surface area contributed by atoms with Crippen LogP contribution in [0, 0.1) is 0 Å². The molecule has 0 radical (unpaired) electrons. The van der Waals surface area contributed by atoms with Gasteiger partial charge in [0.25, 0.3) is 0 Å². The van der Waals surface area contributed by atoms with Crippen LogP contribution in [0.25, 0.3) is 0 Å². The summed E-state index contributed by atoms with van der Waals surface area (Å²) in [5, 5.41) is 0.00894. The summed E-state index contributed by atoms with van der Waals surface area (Å²) in [6, 6.07) is 7.35. The molecule has 0 saturated heterocycles. The van der Waals surface area contributed by atoms with E-state index in [1.165, 1.54) is 12.4 Å². The van der Waals surface area contributed by atoms with Crippen LogP contribution in [0.2, 0.25) is 5.28 Å². The van der Waals surface area contributed by atoms with E-state index in [0.29, 0.717) is 0 Å². The lowest BCUT2D eigenvalue weighted by Gasteiger charge is -2.14. The van der Waals surface area contributed by atoms with E-state index in [0.717, 1.165) is 10.5 Å². The lowest BCUT2D eigenvalue weighted by molar-refractivity contribution is 0.566. The smallest absolute Gasteiger partial charge is 0.225 e. The molecule has 1 atom stereocenters. The normalized spacial score (nSPS) is 13.1. The largest absolute Gasteiger partial charge is 0.244 e. The molecule has 0 aliphatic rings. The van der Waals surface area contributed by atoms with Gasteiger partial charge in [-0.3, -0.25) is 0 Å². The van der Waals surface area contributed by atoms with E-state index < -0.39 is 10.0 Å². The quantitative estimate of drug-likeness (QED) is 0.667. The predicted octanol–water partition coefficient (Wildman–Crippen LogP) is 2.89. The zero-order chi connectivity index (χ0) is 15.5. The van der Waals surface area contributed by atoms with Crippen LogP contribution in [0.3, 0.4) is 0 Å².